The van der Waals surface area contributed by atoms with Gasteiger partial charge in [0, 0.05) is 33.8 Å². The second-order valence-corrected chi connectivity index (χ2v) is 11.7. The molecule has 1 aromatic heterocycles. The number of rotatable bonds is 4. The number of anilines is 2. The highest BCUT2D eigenvalue weighted by Crippen LogP contribution is 2.54. The van der Waals surface area contributed by atoms with Gasteiger partial charge in [0.1, 0.15) is 0 Å². The van der Waals surface area contributed by atoms with E-state index in [1.165, 1.54) is 72.4 Å². The Kier molecular flexibility index (Phi) is 5.67. The van der Waals surface area contributed by atoms with Gasteiger partial charge in [-0.25, -0.2) is 0 Å². The summed E-state index contributed by atoms with van der Waals surface area (Å²) in [6.07, 6.45) is 7.84. The van der Waals surface area contributed by atoms with Gasteiger partial charge in [0.25, 0.3) is 0 Å². The number of hydrogen-bond donors (Lipinski definition) is 0. The van der Waals surface area contributed by atoms with Crippen molar-refractivity contribution in [2.75, 3.05) is 4.90 Å². The normalized spacial score (nSPS) is 15.4. The van der Waals surface area contributed by atoms with Crippen molar-refractivity contribution in [2.24, 2.45) is 0 Å². The van der Waals surface area contributed by atoms with E-state index < -0.39 is 0 Å². The number of allylic oxidation sites excluding steroid dienone is 4. The fraction of sp³-hybridized carbons (Fsp3) is 0.0476. The van der Waals surface area contributed by atoms with Gasteiger partial charge in [-0.05, 0) is 76.7 Å². The molecule has 2 heteroatoms. The van der Waals surface area contributed by atoms with Gasteiger partial charge in [-0.1, -0.05) is 121 Å². The van der Waals surface area contributed by atoms with Crippen LogP contribution in [0.5, 0.6) is 0 Å². The van der Waals surface area contributed by atoms with Crippen LogP contribution >= 0.6 is 0 Å². The highest BCUT2D eigenvalue weighted by molar-refractivity contribution is 6.15. The van der Waals surface area contributed by atoms with Crippen molar-refractivity contribution in [1.29, 1.82) is 0 Å². The van der Waals surface area contributed by atoms with Crippen LogP contribution in [-0.2, 0) is 0 Å². The molecule has 44 heavy (non-hydrogen) atoms. The molecule has 1 unspecified atom stereocenters. The Morgan fingerprint density at radius 1 is 0.523 bits per heavy atom. The Hall–Kier alpha value is -5.60. The van der Waals surface area contributed by atoms with E-state index in [-0.39, 0.29) is 0 Å². The third-order valence-corrected chi connectivity index (χ3v) is 9.23. The van der Waals surface area contributed by atoms with Crippen molar-refractivity contribution >= 4 is 33.2 Å². The van der Waals surface area contributed by atoms with Crippen LogP contribution in [0.1, 0.15) is 17.9 Å². The molecule has 0 fully saturated rings. The van der Waals surface area contributed by atoms with E-state index in [0.717, 1.165) is 6.42 Å². The Morgan fingerprint density at radius 2 is 1.16 bits per heavy atom. The minimum Gasteiger partial charge on any atom is -0.311 e. The van der Waals surface area contributed by atoms with E-state index in [2.05, 4.69) is 173 Å². The van der Waals surface area contributed by atoms with E-state index >= 15 is 0 Å². The molecule has 2 heterocycles. The molecular weight excluding hydrogens is 532 g/mol. The van der Waals surface area contributed by atoms with E-state index in [0.29, 0.717) is 5.92 Å². The molecule has 2 nitrogen and oxygen atoms in total. The standard InChI is InChI=1S/C42H30N2/c1-4-14-29(15-5-1)31-26-32(30-16-6-2-7-17-30)28-34(27-31)44-40-23-13-11-21-36(40)38-25-24-37-35-20-10-12-22-39(35)43(41(37)42(38)44)33-18-8-3-9-19-33/h1-19,21-28,35H,20H2. The Morgan fingerprint density at radius 3 is 1.86 bits per heavy atom. The summed E-state index contributed by atoms with van der Waals surface area (Å²) in [5, 5.41) is 2.55. The number of fused-ring (bicyclic) bond motifs is 7. The van der Waals surface area contributed by atoms with Crippen LogP contribution in [0.15, 0.2) is 170 Å². The van der Waals surface area contributed by atoms with Crippen LogP contribution in [0.4, 0.5) is 11.4 Å². The van der Waals surface area contributed by atoms with Gasteiger partial charge in [0.15, 0.2) is 0 Å². The molecule has 1 atom stereocenters. The average Bonchev–Trinajstić information content (AvgIpc) is 3.62. The number of nitrogens with zero attached hydrogens (tertiary/aromatic N) is 2. The van der Waals surface area contributed by atoms with Crippen LogP contribution in [-0.4, -0.2) is 4.57 Å². The molecule has 7 aromatic rings. The second-order valence-electron chi connectivity index (χ2n) is 11.7. The summed E-state index contributed by atoms with van der Waals surface area (Å²) in [7, 11) is 0. The number of para-hydroxylation sites is 2. The minimum atomic E-state index is 0.335. The molecule has 208 valence electrons. The SMILES string of the molecule is C1=CCC2C(=C1)N(c1ccccc1)c1c2ccc2c3ccccc3n(-c3cc(-c4ccccc4)cc(-c4ccccc4)c3)c12. The number of hydrogen-bond acceptors (Lipinski definition) is 1. The van der Waals surface area contributed by atoms with Crippen molar-refractivity contribution in [3.63, 3.8) is 0 Å². The van der Waals surface area contributed by atoms with Crippen molar-refractivity contribution in [3.05, 3.63) is 175 Å². The predicted molar refractivity (Wildman–Crippen MR) is 185 cm³/mol. The largest absolute Gasteiger partial charge is 0.311 e. The molecule has 0 N–H and O–H groups in total. The molecule has 0 spiro atoms. The van der Waals surface area contributed by atoms with E-state index in [9.17, 15) is 0 Å². The molecule has 1 aliphatic carbocycles. The molecule has 0 radical (unpaired) electrons. The summed E-state index contributed by atoms with van der Waals surface area (Å²) < 4.78 is 2.52. The average molecular weight is 563 g/mol. The maximum Gasteiger partial charge on any atom is 0.0785 e. The fourth-order valence-corrected chi connectivity index (χ4v) is 7.29. The van der Waals surface area contributed by atoms with Gasteiger partial charge in [0.2, 0.25) is 0 Å². The van der Waals surface area contributed by atoms with Crippen molar-refractivity contribution in [3.8, 4) is 27.9 Å². The number of benzene rings is 6. The predicted octanol–water partition coefficient (Wildman–Crippen LogP) is 11.2. The lowest BCUT2D eigenvalue weighted by molar-refractivity contribution is 0.820. The van der Waals surface area contributed by atoms with Crippen molar-refractivity contribution in [1.82, 2.24) is 4.57 Å². The van der Waals surface area contributed by atoms with Crippen LogP contribution in [0.2, 0.25) is 0 Å². The summed E-state index contributed by atoms with van der Waals surface area (Å²) in [6, 6.07) is 53.0. The summed E-state index contributed by atoms with van der Waals surface area (Å²) in [5.41, 5.74) is 13.7. The van der Waals surface area contributed by atoms with Crippen LogP contribution in [0.25, 0.3) is 49.7 Å². The fourth-order valence-electron chi connectivity index (χ4n) is 7.29. The molecule has 0 bridgehead atoms. The minimum absolute atomic E-state index is 0.335. The first-order valence-corrected chi connectivity index (χ1v) is 15.4. The molecule has 1 aliphatic heterocycles. The second kappa shape index (κ2) is 10.00. The lowest BCUT2D eigenvalue weighted by Gasteiger charge is -2.25. The van der Waals surface area contributed by atoms with Gasteiger partial charge in [-0.15, -0.1) is 0 Å². The molecular formula is C42H30N2. The summed E-state index contributed by atoms with van der Waals surface area (Å²) in [5.74, 6) is 0.335. The van der Waals surface area contributed by atoms with Crippen molar-refractivity contribution in [2.45, 2.75) is 12.3 Å². The smallest absolute Gasteiger partial charge is 0.0785 e. The maximum absolute atomic E-state index is 2.52. The zero-order valence-corrected chi connectivity index (χ0v) is 24.3. The lowest BCUT2D eigenvalue weighted by atomic mass is 9.91. The zero-order valence-electron chi connectivity index (χ0n) is 24.3. The van der Waals surface area contributed by atoms with E-state index in [1.54, 1.807) is 0 Å². The third kappa shape index (κ3) is 3.81. The quantitative estimate of drug-likeness (QED) is 0.207. The van der Waals surface area contributed by atoms with E-state index in [1.807, 2.05) is 0 Å². The first-order chi connectivity index (χ1) is 21.8. The van der Waals surface area contributed by atoms with Gasteiger partial charge in [-0.3, -0.25) is 0 Å². The molecule has 6 aromatic carbocycles. The van der Waals surface area contributed by atoms with Gasteiger partial charge in [0.05, 0.1) is 16.7 Å². The molecule has 0 saturated heterocycles. The Bertz CT molecular complexity index is 2180. The van der Waals surface area contributed by atoms with Crippen molar-refractivity contribution < 1.29 is 0 Å². The summed E-state index contributed by atoms with van der Waals surface area (Å²) in [6.45, 7) is 0. The Balaban J connectivity index is 1.40. The third-order valence-electron chi connectivity index (χ3n) is 9.23. The van der Waals surface area contributed by atoms with Crippen LogP contribution in [0.3, 0.4) is 0 Å². The highest BCUT2D eigenvalue weighted by Gasteiger charge is 2.37. The lowest BCUT2D eigenvalue weighted by Crippen LogP contribution is -2.15. The Labute approximate surface area is 257 Å². The van der Waals surface area contributed by atoms with Crippen LogP contribution in [0, 0.1) is 0 Å². The summed E-state index contributed by atoms with van der Waals surface area (Å²) >= 11 is 0. The molecule has 0 saturated carbocycles. The first kappa shape index (κ1) is 24.9. The molecule has 9 rings (SSSR count). The summed E-state index contributed by atoms with van der Waals surface area (Å²) in [4.78, 5) is 2.51. The topological polar surface area (TPSA) is 8.17 Å². The molecule has 0 amide bonds. The zero-order chi connectivity index (χ0) is 29.0. The van der Waals surface area contributed by atoms with Gasteiger partial charge >= 0.3 is 0 Å². The van der Waals surface area contributed by atoms with Crippen LogP contribution < -0.4 is 4.90 Å². The maximum atomic E-state index is 2.52. The number of aromatic nitrogens is 1. The van der Waals surface area contributed by atoms with Gasteiger partial charge in [-0.2, -0.15) is 0 Å². The molecule has 2 aliphatic rings. The van der Waals surface area contributed by atoms with Gasteiger partial charge < -0.3 is 9.47 Å². The highest BCUT2D eigenvalue weighted by atomic mass is 15.2. The monoisotopic (exact) mass is 562 g/mol. The first-order valence-electron chi connectivity index (χ1n) is 15.4. The van der Waals surface area contributed by atoms with E-state index in [4.69, 9.17) is 0 Å².